The van der Waals surface area contributed by atoms with Gasteiger partial charge in [0.1, 0.15) is 0 Å². The van der Waals surface area contributed by atoms with Crippen molar-refractivity contribution in [2.24, 2.45) is 0 Å². The molecule has 6 heteroatoms. The first-order chi connectivity index (χ1) is 9.10. The van der Waals surface area contributed by atoms with Gasteiger partial charge in [0, 0.05) is 25.3 Å². The highest BCUT2D eigenvalue weighted by Crippen LogP contribution is 2.21. The average molecular weight is 279 g/mol. The second-order valence-corrected chi connectivity index (χ2v) is 4.42. The van der Waals surface area contributed by atoms with Crippen LogP contribution in [0.25, 0.3) is 11.4 Å². The van der Waals surface area contributed by atoms with Gasteiger partial charge in [-0.3, -0.25) is 0 Å². The van der Waals surface area contributed by atoms with E-state index in [0.29, 0.717) is 12.4 Å². The van der Waals surface area contributed by atoms with Crippen LogP contribution in [0.3, 0.4) is 0 Å². The van der Waals surface area contributed by atoms with Crippen LogP contribution in [-0.2, 0) is 0 Å². The van der Waals surface area contributed by atoms with Crippen molar-refractivity contribution in [3.63, 3.8) is 0 Å². The van der Waals surface area contributed by atoms with Crippen LogP contribution in [0.5, 0.6) is 6.01 Å². The van der Waals surface area contributed by atoms with Gasteiger partial charge in [-0.05, 0) is 42.8 Å². The molecule has 0 fully saturated rings. The van der Waals surface area contributed by atoms with Gasteiger partial charge in [0.05, 0.1) is 6.61 Å². The summed E-state index contributed by atoms with van der Waals surface area (Å²) in [5, 5.41) is 0.130. The van der Waals surface area contributed by atoms with Crippen LogP contribution in [0.2, 0.25) is 5.28 Å². The molecule has 0 aliphatic rings. The molecule has 0 N–H and O–H groups in total. The molecule has 2 aromatic rings. The molecule has 0 amide bonds. The molecule has 1 heterocycles. The minimum absolute atomic E-state index is 0.130. The van der Waals surface area contributed by atoms with E-state index in [9.17, 15) is 0 Å². The molecule has 0 aliphatic carbocycles. The molecular formula is C13H15ClN4O. The number of rotatable bonds is 4. The zero-order chi connectivity index (χ0) is 13.8. The lowest BCUT2D eigenvalue weighted by Crippen LogP contribution is -2.08. The van der Waals surface area contributed by atoms with Gasteiger partial charge in [0.15, 0.2) is 5.82 Å². The molecule has 1 aromatic heterocycles. The van der Waals surface area contributed by atoms with E-state index in [1.54, 1.807) is 0 Å². The predicted octanol–water partition coefficient (Wildman–Crippen LogP) is 2.66. The molecule has 5 nitrogen and oxygen atoms in total. The number of hydrogen-bond acceptors (Lipinski definition) is 5. The molecule has 0 bridgehead atoms. The molecule has 1 aromatic carbocycles. The number of hydrogen-bond donors (Lipinski definition) is 0. The third-order valence-corrected chi connectivity index (χ3v) is 2.67. The summed E-state index contributed by atoms with van der Waals surface area (Å²) in [6, 6.07) is 8.11. The summed E-state index contributed by atoms with van der Waals surface area (Å²) in [4.78, 5) is 14.3. The highest BCUT2D eigenvalue weighted by Gasteiger charge is 2.08. The van der Waals surface area contributed by atoms with E-state index < -0.39 is 0 Å². The van der Waals surface area contributed by atoms with Gasteiger partial charge >= 0.3 is 6.01 Å². The van der Waals surface area contributed by atoms with Crippen LogP contribution >= 0.6 is 11.6 Å². The maximum absolute atomic E-state index is 5.87. The second kappa shape index (κ2) is 5.84. The molecule has 0 spiro atoms. The summed E-state index contributed by atoms with van der Waals surface area (Å²) in [6.45, 7) is 2.35. The Balaban J connectivity index is 2.35. The van der Waals surface area contributed by atoms with E-state index >= 15 is 0 Å². The van der Waals surface area contributed by atoms with Gasteiger partial charge in [-0.25, -0.2) is 0 Å². The summed E-state index contributed by atoms with van der Waals surface area (Å²) in [7, 11) is 3.98. The maximum atomic E-state index is 5.87. The topological polar surface area (TPSA) is 51.1 Å². The molecule has 0 atom stereocenters. The molecule has 0 aliphatic heterocycles. The fourth-order valence-corrected chi connectivity index (χ4v) is 1.72. The van der Waals surface area contributed by atoms with Crippen molar-refractivity contribution in [1.82, 2.24) is 15.0 Å². The number of nitrogens with zero attached hydrogens (tertiary/aromatic N) is 4. The van der Waals surface area contributed by atoms with E-state index in [2.05, 4.69) is 15.0 Å². The average Bonchev–Trinajstić information content (AvgIpc) is 2.38. The van der Waals surface area contributed by atoms with Crippen molar-refractivity contribution >= 4 is 17.3 Å². The third-order valence-electron chi connectivity index (χ3n) is 2.50. The summed E-state index contributed by atoms with van der Waals surface area (Å²) in [5.41, 5.74) is 1.98. The summed E-state index contributed by atoms with van der Waals surface area (Å²) in [5.74, 6) is 0.508. The van der Waals surface area contributed by atoms with Crippen LogP contribution in [0.1, 0.15) is 6.92 Å². The smallest absolute Gasteiger partial charge is 0.321 e. The maximum Gasteiger partial charge on any atom is 0.321 e. The van der Waals surface area contributed by atoms with E-state index in [-0.39, 0.29) is 11.3 Å². The lowest BCUT2D eigenvalue weighted by Gasteiger charge is -2.12. The Labute approximate surface area is 117 Å². The quantitative estimate of drug-likeness (QED) is 0.860. The summed E-state index contributed by atoms with van der Waals surface area (Å²) >= 11 is 5.87. The Morgan fingerprint density at radius 1 is 1.11 bits per heavy atom. The van der Waals surface area contributed by atoms with E-state index in [1.165, 1.54) is 0 Å². The van der Waals surface area contributed by atoms with Gasteiger partial charge in [-0.15, -0.1) is 0 Å². The zero-order valence-corrected chi connectivity index (χ0v) is 11.8. The van der Waals surface area contributed by atoms with E-state index in [0.717, 1.165) is 11.3 Å². The highest BCUT2D eigenvalue weighted by molar-refractivity contribution is 6.28. The SMILES string of the molecule is CCOc1nc(Cl)nc(-c2ccc(N(C)C)cc2)n1. The molecule has 0 unspecified atom stereocenters. The standard InChI is InChI=1S/C13H15ClN4O/c1-4-19-13-16-11(15-12(14)17-13)9-5-7-10(8-6-9)18(2)3/h5-8H,4H2,1-3H3. The first kappa shape index (κ1) is 13.5. The first-order valence-corrected chi connectivity index (χ1v) is 6.30. The molecular weight excluding hydrogens is 264 g/mol. The lowest BCUT2D eigenvalue weighted by atomic mass is 10.2. The fourth-order valence-electron chi connectivity index (χ4n) is 1.56. The van der Waals surface area contributed by atoms with Crippen molar-refractivity contribution in [2.75, 3.05) is 25.6 Å². The molecule has 19 heavy (non-hydrogen) atoms. The second-order valence-electron chi connectivity index (χ2n) is 4.08. The fraction of sp³-hybridized carbons (Fsp3) is 0.308. The number of halogens is 1. The molecule has 0 radical (unpaired) electrons. The van der Waals surface area contributed by atoms with Crippen molar-refractivity contribution in [1.29, 1.82) is 0 Å². The molecule has 0 saturated heterocycles. The number of anilines is 1. The molecule has 100 valence electrons. The summed E-state index contributed by atoms with van der Waals surface area (Å²) in [6.07, 6.45) is 0. The van der Waals surface area contributed by atoms with Gasteiger partial charge in [0.2, 0.25) is 5.28 Å². The number of ether oxygens (including phenoxy) is 1. The Kier molecular flexibility index (Phi) is 4.16. The monoisotopic (exact) mass is 278 g/mol. The summed E-state index contributed by atoms with van der Waals surface area (Å²) < 4.78 is 5.26. The highest BCUT2D eigenvalue weighted by atomic mass is 35.5. The number of benzene rings is 1. The molecule has 2 rings (SSSR count). The normalized spacial score (nSPS) is 10.3. The van der Waals surface area contributed by atoms with Crippen molar-refractivity contribution in [3.05, 3.63) is 29.5 Å². The van der Waals surface area contributed by atoms with Crippen molar-refractivity contribution in [2.45, 2.75) is 6.92 Å². The Morgan fingerprint density at radius 3 is 2.37 bits per heavy atom. The van der Waals surface area contributed by atoms with Crippen molar-refractivity contribution in [3.8, 4) is 17.4 Å². The van der Waals surface area contributed by atoms with Gasteiger partial charge < -0.3 is 9.64 Å². The van der Waals surface area contributed by atoms with Crippen LogP contribution in [-0.4, -0.2) is 35.7 Å². The van der Waals surface area contributed by atoms with Gasteiger partial charge in [-0.1, -0.05) is 0 Å². The number of aromatic nitrogens is 3. The predicted molar refractivity (Wildman–Crippen MR) is 75.8 cm³/mol. The minimum Gasteiger partial charge on any atom is -0.464 e. The van der Waals surface area contributed by atoms with E-state index in [4.69, 9.17) is 16.3 Å². The lowest BCUT2D eigenvalue weighted by molar-refractivity contribution is 0.312. The van der Waals surface area contributed by atoms with Crippen molar-refractivity contribution < 1.29 is 4.74 Å². The Morgan fingerprint density at radius 2 is 1.79 bits per heavy atom. The van der Waals surface area contributed by atoms with E-state index in [1.807, 2.05) is 50.2 Å². The Hall–Kier alpha value is -1.88. The van der Waals surface area contributed by atoms with Gasteiger partial charge in [0.25, 0.3) is 0 Å². The van der Waals surface area contributed by atoms with Crippen LogP contribution < -0.4 is 9.64 Å². The Bertz CT molecular complexity index is 557. The van der Waals surface area contributed by atoms with Crippen LogP contribution in [0.15, 0.2) is 24.3 Å². The molecule has 0 saturated carbocycles. The zero-order valence-electron chi connectivity index (χ0n) is 11.1. The van der Waals surface area contributed by atoms with Crippen LogP contribution in [0.4, 0.5) is 5.69 Å². The van der Waals surface area contributed by atoms with Gasteiger partial charge in [-0.2, -0.15) is 15.0 Å². The van der Waals surface area contributed by atoms with Crippen LogP contribution in [0, 0.1) is 0 Å². The third kappa shape index (κ3) is 3.32. The largest absolute Gasteiger partial charge is 0.464 e. The minimum atomic E-state index is 0.130. The first-order valence-electron chi connectivity index (χ1n) is 5.92.